The van der Waals surface area contributed by atoms with Gasteiger partial charge in [0.1, 0.15) is 0 Å². The molecule has 1 heterocycles. The highest BCUT2D eigenvalue weighted by atomic mass is 15.2. The lowest BCUT2D eigenvalue weighted by atomic mass is 9.74. The predicted octanol–water partition coefficient (Wildman–Crippen LogP) is 3.52. The number of nitrogens with zero attached hydrogens (tertiary/aromatic N) is 1. The highest BCUT2D eigenvalue weighted by molar-refractivity contribution is 4.86. The molecule has 1 unspecified atom stereocenters. The van der Waals surface area contributed by atoms with Crippen LogP contribution in [0.1, 0.15) is 60.3 Å². The lowest BCUT2D eigenvalue weighted by molar-refractivity contribution is 0.0708. The van der Waals surface area contributed by atoms with Gasteiger partial charge in [0.05, 0.1) is 0 Å². The van der Waals surface area contributed by atoms with E-state index in [1.807, 2.05) is 0 Å². The molecular formula is C16H34N2. The van der Waals surface area contributed by atoms with Gasteiger partial charge in [-0.15, -0.1) is 0 Å². The fourth-order valence-corrected chi connectivity index (χ4v) is 3.11. The molecule has 2 nitrogen and oxygen atoms in total. The SMILES string of the molecule is CCC1(CC)CCN(C(C)CNCC(C)C)CC1. The van der Waals surface area contributed by atoms with Crippen molar-refractivity contribution in [2.24, 2.45) is 11.3 Å². The van der Waals surface area contributed by atoms with Gasteiger partial charge in [-0.3, -0.25) is 4.90 Å². The highest BCUT2D eigenvalue weighted by Crippen LogP contribution is 2.38. The average Bonchev–Trinajstić information content (AvgIpc) is 2.38. The summed E-state index contributed by atoms with van der Waals surface area (Å²) in [5.74, 6) is 0.756. The van der Waals surface area contributed by atoms with Crippen LogP contribution in [-0.4, -0.2) is 37.1 Å². The summed E-state index contributed by atoms with van der Waals surface area (Å²) in [5.41, 5.74) is 0.654. The standard InChI is InChI=1S/C16H34N2/c1-6-16(7-2)8-10-18(11-9-16)15(5)13-17-12-14(3)4/h14-15,17H,6-13H2,1-5H3. The largest absolute Gasteiger partial charge is 0.315 e. The molecule has 1 N–H and O–H groups in total. The Morgan fingerprint density at radius 3 is 2.00 bits per heavy atom. The summed E-state index contributed by atoms with van der Waals surface area (Å²) < 4.78 is 0. The van der Waals surface area contributed by atoms with Crippen molar-refractivity contribution < 1.29 is 0 Å². The van der Waals surface area contributed by atoms with Crippen LogP contribution in [0.2, 0.25) is 0 Å². The monoisotopic (exact) mass is 254 g/mol. The third kappa shape index (κ3) is 4.55. The van der Waals surface area contributed by atoms with Gasteiger partial charge < -0.3 is 5.32 Å². The van der Waals surface area contributed by atoms with Crippen LogP contribution in [-0.2, 0) is 0 Å². The van der Waals surface area contributed by atoms with Crippen molar-refractivity contribution in [2.75, 3.05) is 26.2 Å². The number of likely N-dealkylation sites (tertiary alicyclic amines) is 1. The Kier molecular flexibility index (Phi) is 6.65. The first-order chi connectivity index (χ1) is 8.53. The van der Waals surface area contributed by atoms with Gasteiger partial charge in [0.25, 0.3) is 0 Å². The van der Waals surface area contributed by atoms with Crippen LogP contribution in [0.25, 0.3) is 0 Å². The molecule has 1 rings (SSSR count). The molecule has 0 aromatic carbocycles. The second-order valence-corrected chi connectivity index (χ2v) is 6.64. The molecule has 0 spiro atoms. The van der Waals surface area contributed by atoms with Gasteiger partial charge in [0, 0.05) is 12.6 Å². The van der Waals surface area contributed by atoms with Gasteiger partial charge in [-0.25, -0.2) is 0 Å². The van der Waals surface area contributed by atoms with E-state index < -0.39 is 0 Å². The zero-order valence-electron chi connectivity index (χ0n) is 13.3. The maximum atomic E-state index is 3.59. The molecule has 1 saturated heterocycles. The number of nitrogens with one attached hydrogen (secondary N) is 1. The van der Waals surface area contributed by atoms with E-state index in [0.717, 1.165) is 19.0 Å². The van der Waals surface area contributed by atoms with Crippen LogP contribution in [0.5, 0.6) is 0 Å². The molecule has 1 aliphatic rings. The number of hydrogen-bond donors (Lipinski definition) is 1. The summed E-state index contributed by atoms with van der Waals surface area (Å²) in [4.78, 5) is 2.68. The van der Waals surface area contributed by atoms with Crippen LogP contribution in [0.4, 0.5) is 0 Å². The van der Waals surface area contributed by atoms with Gasteiger partial charge >= 0.3 is 0 Å². The predicted molar refractivity (Wildman–Crippen MR) is 81.0 cm³/mol. The zero-order chi connectivity index (χ0) is 13.6. The van der Waals surface area contributed by atoms with Crippen LogP contribution >= 0.6 is 0 Å². The van der Waals surface area contributed by atoms with E-state index in [-0.39, 0.29) is 0 Å². The third-order valence-electron chi connectivity index (χ3n) is 4.97. The van der Waals surface area contributed by atoms with Crippen molar-refractivity contribution in [3.05, 3.63) is 0 Å². The van der Waals surface area contributed by atoms with Crippen molar-refractivity contribution >= 4 is 0 Å². The van der Waals surface area contributed by atoms with Gasteiger partial charge in [-0.1, -0.05) is 40.5 Å². The van der Waals surface area contributed by atoms with Gasteiger partial charge in [0.2, 0.25) is 0 Å². The minimum Gasteiger partial charge on any atom is -0.315 e. The number of rotatable bonds is 7. The molecule has 18 heavy (non-hydrogen) atoms. The van der Waals surface area contributed by atoms with E-state index in [4.69, 9.17) is 0 Å². The van der Waals surface area contributed by atoms with E-state index in [1.54, 1.807) is 0 Å². The maximum absolute atomic E-state index is 3.59. The summed E-state index contributed by atoms with van der Waals surface area (Å²) in [6.07, 6.45) is 5.51. The normalized spacial score (nSPS) is 22.3. The minimum absolute atomic E-state index is 0.654. The molecule has 0 aromatic heterocycles. The molecule has 0 radical (unpaired) electrons. The Balaban J connectivity index is 2.29. The topological polar surface area (TPSA) is 15.3 Å². The average molecular weight is 254 g/mol. The molecule has 0 saturated carbocycles. The van der Waals surface area contributed by atoms with Crippen molar-refractivity contribution in [1.29, 1.82) is 0 Å². The first-order valence-electron chi connectivity index (χ1n) is 7.97. The summed E-state index contributed by atoms with van der Waals surface area (Å²) in [7, 11) is 0. The van der Waals surface area contributed by atoms with Gasteiger partial charge in [0.15, 0.2) is 0 Å². The molecule has 108 valence electrons. The molecule has 0 amide bonds. The first kappa shape index (κ1) is 16.0. The van der Waals surface area contributed by atoms with Crippen molar-refractivity contribution in [3.8, 4) is 0 Å². The van der Waals surface area contributed by atoms with Crippen LogP contribution in [0.3, 0.4) is 0 Å². The second kappa shape index (κ2) is 7.49. The van der Waals surface area contributed by atoms with Gasteiger partial charge in [-0.2, -0.15) is 0 Å². The lowest BCUT2D eigenvalue weighted by Gasteiger charge is -2.43. The smallest absolute Gasteiger partial charge is 0.0192 e. The first-order valence-corrected chi connectivity index (χ1v) is 7.97. The molecule has 1 fully saturated rings. The van der Waals surface area contributed by atoms with Crippen LogP contribution < -0.4 is 5.32 Å². The van der Waals surface area contributed by atoms with E-state index in [9.17, 15) is 0 Å². The van der Waals surface area contributed by atoms with Crippen molar-refractivity contribution in [1.82, 2.24) is 10.2 Å². The van der Waals surface area contributed by atoms with Crippen molar-refractivity contribution in [3.63, 3.8) is 0 Å². The Labute approximate surface area is 115 Å². The Hall–Kier alpha value is -0.0800. The molecule has 1 aliphatic heterocycles. The summed E-state index contributed by atoms with van der Waals surface area (Å²) in [5, 5.41) is 3.59. The Morgan fingerprint density at radius 1 is 1.00 bits per heavy atom. The second-order valence-electron chi connectivity index (χ2n) is 6.64. The molecular weight excluding hydrogens is 220 g/mol. The summed E-state index contributed by atoms with van der Waals surface area (Å²) >= 11 is 0. The zero-order valence-corrected chi connectivity index (χ0v) is 13.3. The fraction of sp³-hybridized carbons (Fsp3) is 1.00. The molecule has 0 aromatic rings. The third-order valence-corrected chi connectivity index (χ3v) is 4.97. The van der Waals surface area contributed by atoms with Crippen molar-refractivity contribution in [2.45, 2.75) is 66.3 Å². The minimum atomic E-state index is 0.654. The highest BCUT2D eigenvalue weighted by Gasteiger charge is 2.32. The summed E-state index contributed by atoms with van der Waals surface area (Å²) in [6.45, 7) is 16.5. The van der Waals surface area contributed by atoms with Gasteiger partial charge in [-0.05, 0) is 50.7 Å². The quantitative estimate of drug-likeness (QED) is 0.748. The number of hydrogen-bond acceptors (Lipinski definition) is 2. The fourth-order valence-electron chi connectivity index (χ4n) is 3.11. The lowest BCUT2D eigenvalue weighted by Crippen LogP contribution is -2.47. The number of piperidine rings is 1. The van der Waals surface area contributed by atoms with Crippen LogP contribution in [0.15, 0.2) is 0 Å². The molecule has 1 atom stereocenters. The Morgan fingerprint density at radius 2 is 1.56 bits per heavy atom. The molecule has 0 aliphatic carbocycles. The van der Waals surface area contributed by atoms with E-state index in [1.165, 1.54) is 38.8 Å². The van der Waals surface area contributed by atoms with E-state index >= 15 is 0 Å². The molecule has 0 bridgehead atoms. The molecule has 2 heteroatoms. The van der Waals surface area contributed by atoms with E-state index in [0.29, 0.717) is 11.5 Å². The van der Waals surface area contributed by atoms with E-state index in [2.05, 4.69) is 44.8 Å². The Bertz CT molecular complexity index is 211. The summed E-state index contributed by atoms with van der Waals surface area (Å²) in [6, 6.07) is 0.690. The van der Waals surface area contributed by atoms with Crippen LogP contribution in [0, 0.1) is 11.3 Å². The maximum Gasteiger partial charge on any atom is 0.0192 e.